The SMILES string of the molecule is CN(N)COC(F)(F)F. The molecule has 0 aromatic heterocycles. The predicted octanol–water partition coefficient (Wildman–Crippen LogP) is 0.286. The van der Waals surface area contributed by atoms with Gasteiger partial charge in [0.2, 0.25) is 0 Å². The van der Waals surface area contributed by atoms with E-state index in [4.69, 9.17) is 5.84 Å². The number of hydrogen-bond donors (Lipinski definition) is 1. The van der Waals surface area contributed by atoms with Crippen LogP contribution in [0.1, 0.15) is 0 Å². The Bertz CT molecular complexity index is 81.6. The van der Waals surface area contributed by atoms with Gasteiger partial charge in [0.15, 0.2) is 0 Å². The molecule has 0 aromatic carbocycles. The summed E-state index contributed by atoms with van der Waals surface area (Å²) in [6.07, 6.45) is -4.59. The Morgan fingerprint density at radius 1 is 1.56 bits per heavy atom. The second-order valence-electron chi connectivity index (χ2n) is 1.48. The van der Waals surface area contributed by atoms with Crippen LogP contribution in [-0.2, 0) is 4.74 Å². The first kappa shape index (κ1) is 8.67. The number of halogens is 3. The van der Waals surface area contributed by atoms with Gasteiger partial charge in [-0.3, -0.25) is 10.6 Å². The molecule has 0 bridgehead atoms. The second-order valence-corrected chi connectivity index (χ2v) is 1.48. The molecule has 2 N–H and O–H groups in total. The zero-order valence-electron chi connectivity index (χ0n) is 4.77. The van der Waals surface area contributed by atoms with Gasteiger partial charge in [-0.25, -0.2) is 5.01 Å². The zero-order valence-corrected chi connectivity index (χ0v) is 4.77. The standard InChI is InChI=1S/C3H7F3N2O/c1-8(7)2-9-3(4,5)6/h2,7H2,1H3. The van der Waals surface area contributed by atoms with Crippen molar-refractivity contribution in [1.82, 2.24) is 5.01 Å². The molecule has 0 unspecified atom stereocenters. The van der Waals surface area contributed by atoms with E-state index in [0.29, 0.717) is 0 Å². The lowest BCUT2D eigenvalue weighted by Gasteiger charge is -2.11. The molecule has 0 saturated heterocycles. The van der Waals surface area contributed by atoms with Gasteiger partial charge in [-0.1, -0.05) is 0 Å². The summed E-state index contributed by atoms with van der Waals surface area (Å²) in [4.78, 5) is 0. The monoisotopic (exact) mass is 144 g/mol. The summed E-state index contributed by atoms with van der Waals surface area (Å²) in [5.74, 6) is 4.81. The zero-order chi connectivity index (χ0) is 7.49. The van der Waals surface area contributed by atoms with Gasteiger partial charge >= 0.3 is 6.36 Å². The van der Waals surface area contributed by atoms with Crippen LogP contribution in [0.15, 0.2) is 0 Å². The van der Waals surface area contributed by atoms with E-state index >= 15 is 0 Å². The topological polar surface area (TPSA) is 38.5 Å². The molecular formula is C3H7F3N2O. The largest absolute Gasteiger partial charge is 0.523 e. The minimum absolute atomic E-state index is 0.649. The molecular weight excluding hydrogens is 137 g/mol. The molecule has 0 fully saturated rings. The van der Waals surface area contributed by atoms with Crippen molar-refractivity contribution in [2.24, 2.45) is 5.84 Å². The molecule has 0 heterocycles. The number of hydrazine groups is 1. The molecule has 0 amide bonds. The molecule has 9 heavy (non-hydrogen) atoms. The number of rotatable bonds is 2. The minimum Gasteiger partial charge on any atom is -0.275 e. The molecule has 0 rings (SSSR count). The third-order valence-electron chi connectivity index (χ3n) is 0.432. The molecule has 0 atom stereocenters. The summed E-state index contributed by atoms with van der Waals surface area (Å²) in [5, 5.41) is 0.785. The summed E-state index contributed by atoms with van der Waals surface area (Å²) in [7, 11) is 1.27. The normalized spacial score (nSPS) is 12.7. The van der Waals surface area contributed by atoms with Crippen LogP contribution in [-0.4, -0.2) is 25.1 Å². The van der Waals surface area contributed by atoms with Crippen molar-refractivity contribution in [3.63, 3.8) is 0 Å². The maximum Gasteiger partial charge on any atom is 0.523 e. The van der Waals surface area contributed by atoms with Gasteiger partial charge in [-0.05, 0) is 0 Å². The van der Waals surface area contributed by atoms with E-state index in [0.717, 1.165) is 5.01 Å². The van der Waals surface area contributed by atoms with E-state index in [1.807, 2.05) is 0 Å². The number of hydrogen-bond acceptors (Lipinski definition) is 3. The molecule has 0 aliphatic heterocycles. The van der Waals surface area contributed by atoms with Crippen molar-refractivity contribution in [3.8, 4) is 0 Å². The second kappa shape index (κ2) is 3.00. The molecule has 6 heteroatoms. The van der Waals surface area contributed by atoms with Gasteiger partial charge < -0.3 is 0 Å². The van der Waals surface area contributed by atoms with Crippen molar-refractivity contribution in [1.29, 1.82) is 0 Å². The average molecular weight is 144 g/mol. The van der Waals surface area contributed by atoms with Crippen molar-refractivity contribution in [2.75, 3.05) is 13.8 Å². The fourth-order valence-electron chi connectivity index (χ4n) is 0.175. The predicted molar refractivity (Wildman–Crippen MR) is 24.0 cm³/mol. The molecule has 0 aliphatic rings. The van der Waals surface area contributed by atoms with Crippen molar-refractivity contribution >= 4 is 0 Å². The molecule has 0 aliphatic carbocycles. The molecule has 0 saturated carbocycles. The number of ether oxygens (including phenoxy) is 1. The molecule has 0 spiro atoms. The van der Waals surface area contributed by atoms with E-state index < -0.39 is 13.1 Å². The molecule has 3 nitrogen and oxygen atoms in total. The fourth-order valence-corrected chi connectivity index (χ4v) is 0.175. The summed E-state index contributed by atoms with van der Waals surface area (Å²) in [5.41, 5.74) is 0. The third kappa shape index (κ3) is 7.67. The first-order chi connectivity index (χ1) is 3.92. The maximum absolute atomic E-state index is 11.1. The Balaban J connectivity index is 3.28. The summed E-state index contributed by atoms with van der Waals surface area (Å²) in [6, 6.07) is 0. The van der Waals surface area contributed by atoms with E-state index in [1.165, 1.54) is 7.05 Å². The highest BCUT2D eigenvalue weighted by Crippen LogP contribution is 2.15. The lowest BCUT2D eigenvalue weighted by atomic mass is 11.1. The van der Waals surface area contributed by atoms with Gasteiger partial charge in [-0.15, -0.1) is 13.2 Å². The Morgan fingerprint density at radius 3 is 2.11 bits per heavy atom. The van der Waals surface area contributed by atoms with Crippen LogP contribution in [0, 0.1) is 0 Å². The van der Waals surface area contributed by atoms with Crippen LogP contribution in [0.4, 0.5) is 13.2 Å². The Morgan fingerprint density at radius 2 is 2.00 bits per heavy atom. The lowest BCUT2D eigenvalue weighted by molar-refractivity contribution is -0.336. The van der Waals surface area contributed by atoms with Gasteiger partial charge in [0.1, 0.15) is 6.73 Å². The fraction of sp³-hybridized carbons (Fsp3) is 1.00. The molecule has 0 radical (unpaired) electrons. The maximum atomic E-state index is 11.1. The number of nitrogens with two attached hydrogens (primary N) is 1. The van der Waals surface area contributed by atoms with E-state index in [2.05, 4.69) is 4.74 Å². The quantitative estimate of drug-likeness (QED) is 0.344. The first-order valence-electron chi connectivity index (χ1n) is 2.08. The summed E-state index contributed by atoms with van der Waals surface area (Å²) < 4.78 is 36.6. The Labute approximate surface area is 50.1 Å². The van der Waals surface area contributed by atoms with E-state index in [9.17, 15) is 13.2 Å². The van der Waals surface area contributed by atoms with Gasteiger partial charge in [0, 0.05) is 7.05 Å². The molecule has 0 aromatic rings. The highest BCUT2D eigenvalue weighted by atomic mass is 19.4. The average Bonchev–Trinajstić information content (AvgIpc) is 1.59. The van der Waals surface area contributed by atoms with Crippen molar-refractivity contribution < 1.29 is 17.9 Å². The lowest BCUT2D eigenvalue weighted by Crippen LogP contribution is -2.32. The smallest absolute Gasteiger partial charge is 0.275 e. The van der Waals surface area contributed by atoms with Crippen LogP contribution in [0.5, 0.6) is 0 Å². The van der Waals surface area contributed by atoms with Crippen LogP contribution >= 0.6 is 0 Å². The van der Waals surface area contributed by atoms with Crippen LogP contribution < -0.4 is 5.84 Å². The minimum atomic E-state index is -4.59. The third-order valence-corrected chi connectivity index (χ3v) is 0.432. The van der Waals surface area contributed by atoms with E-state index in [1.54, 1.807) is 0 Å². The summed E-state index contributed by atoms with van der Waals surface area (Å²) >= 11 is 0. The first-order valence-corrected chi connectivity index (χ1v) is 2.08. The van der Waals surface area contributed by atoms with Crippen LogP contribution in [0.3, 0.4) is 0 Å². The highest BCUT2D eigenvalue weighted by Gasteiger charge is 2.28. The summed E-state index contributed by atoms with van der Waals surface area (Å²) in [6.45, 7) is -0.649. The number of alkyl halides is 3. The molecule has 56 valence electrons. The highest BCUT2D eigenvalue weighted by molar-refractivity contribution is 4.26. The van der Waals surface area contributed by atoms with Crippen LogP contribution in [0.2, 0.25) is 0 Å². The van der Waals surface area contributed by atoms with Crippen molar-refractivity contribution in [3.05, 3.63) is 0 Å². The van der Waals surface area contributed by atoms with Gasteiger partial charge in [0.25, 0.3) is 0 Å². The number of nitrogens with zero attached hydrogens (tertiary/aromatic N) is 1. The van der Waals surface area contributed by atoms with Crippen molar-refractivity contribution in [2.45, 2.75) is 6.36 Å². The Hall–Kier alpha value is -0.330. The van der Waals surface area contributed by atoms with Gasteiger partial charge in [-0.2, -0.15) is 0 Å². The van der Waals surface area contributed by atoms with Gasteiger partial charge in [0.05, 0.1) is 0 Å². The van der Waals surface area contributed by atoms with Crippen LogP contribution in [0.25, 0.3) is 0 Å². The Kier molecular flexibility index (Phi) is 2.89. The van der Waals surface area contributed by atoms with E-state index in [-0.39, 0.29) is 0 Å².